The van der Waals surface area contributed by atoms with Gasteiger partial charge in [-0.2, -0.15) is 4.31 Å². The van der Waals surface area contributed by atoms with Crippen molar-refractivity contribution in [2.45, 2.75) is 17.4 Å². The molecule has 1 saturated heterocycles. The van der Waals surface area contributed by atoms with Crippen LogP contribution in [0.25, 0.3) is 0 Å². The smallest absolute Gasteiger partial charge is 0.270 e. The fourth-order valence-corrected chi connectivity index (χ4v) is 4.41. The Bertz CT molecular complexity index is 906. The number of sulfonamides is 1. The van der Waals surface area contributed by atoms with Gasteiger partial charge in [-0.3, -0.25) is 10.1 Å². The van der Waals surface area contributed by atoms with Crippen molar-refractivity contribution in [3.63, 3.8) is 0 Å². The van der Waals surface area contributed by atoms with Crippen molar-refractivity contribution in [3.8, 4) is 5.88 Å². The summed E-state index contributed by atoms with van der Waals surface area (Å²) < 4.78 is 33.1. The second kappa shape index (κ2) is 7.06. The van der Waals surface area contributed by atoms with Crippen LogP contribution in [0.1, 0.15) is 6.42 Å². The van der Waals surface area contributed by atoms with Crippen molar-refractivity contribution < 1.29 is 18.1 Å². The fraction of sp³-hybridized carbons (Fsp3) is 0.267. The van der Waals surface area contributed by atoms with Crippen LogP contribution < -0.4 is 4.74 Å². The maximum Gasteiger partial charge on any atom is 0.270 e. The third-order valence-electron chi connectivity index (χ3n) is 3.78. The summed E-state index contributed by atoms with van der Waals surface area (Å²) in [4.78, 5) is 14.2. The van der Waals surface area contributed by atoms with Crippen LogP contribution in [-0.2, 0) is 10.0 Å². The van der Waals surface area contributed by atoms with Gasteiger partial charge in [0.2, 0.25) is 15.9 Å². The number of benzene rings is 1. The summed E-state index contributed by atoms with van der Waals surface area (Å²) in [6.07, 6.45) is 1.77. The Morgan fingerprint density at radius 3 is 2.84 bits per heavy atom. The summed E-state index contributed by atoms with van der Waals surface area (Å²) >= 11 is 3.33. The zero-order valence-corrected chi connectivity index (χ0v) is 15.3. The van der Waals surface area contributed by atoms with Gasteiger partial charge in [-0.1, -0.05) is 6.07 Å². The molecule has 1 aromatic heterocycles. The first-order chi connectivity index (χ1) is 11.9. The van der Waals surface area contributed by atoms with Crippen LogP contribution in [-0.4, -0.2) is 41.8 Å². The number of rotatable bonds is 5. The van der Waals surface area contributed by atoms with E-state index in [0.717, 1.165) is 6.07 Å². The van der Waals surface area contributed by atoms with Crippen LogP contribution in [0.5, 0.6) is 5.88 Å². The van der Waals surface area contributed by atoms with E-state index in [0.29, 0.717) is 16.8 Å². The van der Waals surface area contributed by atoms with E-state index in [4.69, 9.17) is 4.74 Å². The Balaban J connectivity index is 1.75. The minimum Gasteiger partial charge on any atom is -0.472 e. The number of non-ortho nitro benzene ring substituents is 1. The van der Waals surface area contributed by atoms with Crippen LogP contribution >= 0.6 is 15.9 Å². The summed E-state index contributed by atoms with van der Waals surface area (Å²) in [5.41, 5.74) is -0.259. The Kier molecular flexibility index (Phi) is 5.02. The molecule has 2 aromatic rings. The highest BCUT2D eigenvalue weighted by molar-refractivity contribution is 9.10. The number of pyridine rings is 1. The van der Waals surface area contributed by atoms with Gasteiger partial charge >= 0.3 is 0 Å². The normalized spacial score (nSPS) is 18.2. The number of nitro benzene ring substituents is 1. The lowest BCUT2D eigenvalue weighted by Gasteiger charge is -2.17. The van der Waals surface area contributed by atoms with E-state index in [9.17, 15) is 18.5 Å². The van der Waals surface area contributed by atoms with Crippen molar-refractivity contribution >= 4 is 31.6 Å². The van der Waals surface area contributed by atoms with E-state index >= 15 is 0 Å². The van der Waals surface area contributed by atoms with Crippen LogP contribution in [0, 0.1) is 10.1 Å². The highest BCUT2D eigenvalue weighted by atomic mass is 79.9. The first-order valence-corrected chi connectivity index (χ1v) is 9.63. The molecule has 1 fully saturated rings. The number of hydrogen-bond acceptors (Lipinski definition) is 6. The molecule has 0 spiro atoms. The second-order valence-electron chi connectivity index (χ2n) is 5.44. The molecule has 2 heterocycles. The zero-order valence-electron chi connectivity index (χ0n) is 12.9. The largest absolute Gasteiger partial charge is 0.472 e. The molecule has 0 radical (unpaired) electrons. The van der Waals surface area contributed by atoms with Gasteiger partial charge in [-0.15, -0.1) is 0 Å². The highest BCUT2D eigenvalue weighted by Crippen LogP contribution is 2.28. The Morgan fingerprint density at radius 2 is 2.12 bits per heavy atom. The van der Waals surface area contributed by atoms with E-state index in [1.54, 1.807) is 18.3 Å². The SMILES string of the molecule is O=[N+]([O-])c1cccc(S(=O)(=O)N2CCC(Oc3ncccc3Br)C2)c1. The lowest BCUT2D eigenvalue weighted by atomic mass is 10.3. The quantitative estimate of drug-likeness (QED) is 0.536. The van der Waals surface area contributed by atoms with Gasteiger partial charge in [0.25, 0.3) is 5.69 Å². The van der Waals surface area contributed by atoms with Crippen LogP contribution in [0.3, 0.4) is 0 Å². The third-order valence-corrected chi connectivity index (χ3v) is 6.24. The molecule has 1 aliphatic rings. The molecular formula is C15H14BrN3O5S. The van der Waals surface area contributed by atoms with Gasteiger partial charge in [0, 0.05) is 24.9 Å². The van der Waals surface area contributed by atoms with Gasteiger partial charge in [0.15, 0.2) is 0 Å². The van der Waals surface area contributed by atoms with Crippen molar-refractivity contribution in [2.75, 3.05) is 13.1 Å². The van der Waals surface area contributed by atoms with Crippen LogP contribution in [0.15, 0.2) is 52.0 Å². The van der Waals surface area contributed by atoms with Crippen molar-refractivity contribution in [1.29, 1.82) is 0 Å². The maximum atomic E-state index is 12.7. The lowest BCUT2D eigenvalue weighted by molar-refractivity contribution is -0.385. The second-order valence-corrected chi connectivity index (χ2v) is 8.23. The summed E-state index contributed by atoms with van der Waals surface area (Å²) in [6, 6.07) is 8.58. The van der Waals surface area contributed by atoms with Crippen molar-refractivity contribution in [3.05, 3.63) is 57.2 Å². The summed E-state index contributed by atoms with van der Waals surface area (Å²) in [6.45, 7) is 0.439. The van der Waals surface area contributed by atoms with Gasteiger partial charge in [-0.05, 0) is 40.5 Å². The first kappa shape index (κ1) is 17.8. The standard InChI is InChI=1S/C15H14BrN3O5S/c16-14-5-2-7-17-15(14)24-12-6-8-18(10-12)25(22,23)13-4-1-3-11(9-13)19(20)21/h1-5,7,9,12H,6,8,10H2. The molecule has 8 nitrogen and oxygen atoms in total. The fourth-order valence-electron chi connectivity index (χ4n) is 2.53. The third kappa shape index (κ3) is 3.80. The molecule has 1 unspecified atom stereocenters. The van der Waals surface area contributed by atoms with Crippen LogP contribution in [0.2, 0.25) is 0 Å². The van der Waals surface area contributed by atoms with Gasteiger partial charge in [0.1, 0.15) is 6.10 Å². The molecule has 1 atom stereocenters. The molecule has 1 aliphatic heterocycles. The van der Waals surface area contributed by atoms with Crippen molar-refractivity contribution in [2.24, 2.45) is 0 Å². The Morgan fingerprint density at radius 1 is 1.32 bits per heavy atom. The van der Waals surface area contributed by atoms with Gasteiger partial charge in [0.05, 0.1) is 20.8 Å². The van der Waals surface area contributed by atoms with E-state index in [1.165, 1.54) is 22.5 Å². The average Bonchev–Trinajstić information content (AvgIpc) is 3.06. The lowest BCUT2D eigenvalue weighted by Crippen LogP contribution is -2.31. The van der Waals surface area contributed by atoms with Gasteiger partial charge < -0.3 is 4.74 Å². The van der Waals surface area contributed by atoms with E-state index in [1.807, 2.05) is 0 Å². The number of nitro groups is 1. The topological polar surface area (TPSA) is 103 Å². The predicted octanol–water partition coefficient (Wildman–Crippen LogP) is 2.59. The molecule has 0 amide bonds. The molecule has 10 heteroatoms. The van der Waals surface area contributed by atoms with E-state index < -0.39 is 14.9 Å². The number of ether oxygens (including phenoxy) is 1. The molecule has 0 saturated carbocycles. The summed E-state index contributed by atoms with van der Waals surface area (Å²) in [5, 5.41) is 10.9. The van der Waals surface area contributed by atoms with Gasteiger partial charge in [-0.25, -0.2) is 13.4 Å². The number of hydrogen-bond donors (Lipinski definition) is 0. The van der Waals surface area contributed by atoms with E-state index in [-0.39, 0.29) is 29.8 Å². The molecular weight excluding hydrogens is 414 g/mol. The number of nitrogens with zero attached hydrogens (tertiary/aromatic N) is 3. The highest BCUT2D eigenvalue weighted by Gasteiger charge is 2.34. The Labute approximate surface area is 152 Å². The molecule has 1 aromatic carbocycles. The van der Waals surface area contributed by atoms with Crippen molar-refractivity contribution in [1.82, 2.24) is 9.29 Å². The molecule has 132 valence electrons. The first-order valence-electron chi connectivity index (χ1n) is 7.40. The zero-order chi connectivity index (χ0) is 18.0. The Hall–Kier alpha value is -2.04. The van der Waals surface area contributed by atoms with Crippen LogP contribution in [0.4, 0.5) is 5.69 Å². The predicted molar refractivity (Wildman–Crippen MR) is 92.8 cm³/mol. The average molecular weight is 428 g/mol. The molecule has 25 heavy (non-hydrogen) atoms. The maximum absolute atomic E-state index is 12.7. The molecule has 0 bridgehead atoms. The summed E-state index contributed by atoms with van der Waals surface area (Å²) in [7, 11) is -3.81. The minimum absolute atomic E-state index is 0.0960. The molecule has 0 N–H and O–H groups in total. The monoisotopic (exact) mass is 427 g/mol. The number of aromatic nitrogens is 1. The molecule has 0 aliphatic carbocycles. The van der Waals surface area contributed by atoms with E-state index in [2.05, 4.69) is 20.9 Å². The molecule has 3 rings (SSSR count). The number of halogens is 1. The summed E-state index contributed by atoms with van der Waals surface area (Å²) in [5.74, 6) is 0.405. The minimum atomic E-state index is -3.81.